The fourth-order valence-corrected chi connectivity index (χ4v) is 2.27. The first-order chi connectivity index (χ1) is 10.8. The zero-order valence-corrected chi connectivity index (χ0v) is 15.3. The summed E-state index contributed by atoms with van der Waals surface area (Å²) in [6.45, 7) is 9.16. The van der Waals surface area contributed by atoms with Crippen LogP contribution in [-0.4, -0.2) is 43.6 Å². The predicted octanol–water partition coefficient (Wildman–Crippen LogP) is 3.18. The lowest BCUT2D eigenvalue weighted by Gasteiger charge is -2.24. The van der Waals surface area contributed by atoms with Gasteiger partial charge in [0.15, 0.2) is 5.96 Å². The Morgan fingerprint density at radius 3 is 2.26 bits per heavy atom. The van der Waals surface area contributed by atoms with Gasteiger partial charge in [0.05, 0.1) is 12.6 Å². The molecule has 0 aliphatic carbocycles. The van der Waals surface area contributed by atoms with E-state index >= 15 is 0 Å². The third kappa shape index (κ3) is 7.88. The standard InChI is InChI=1S/C18H32N4O/c1-13(2)11-16(22(5)6)12-20-18(19)21-15-7-9-17(10-8-15)23-14(3)4/h7-10,13-14,16H,11-12H2,1-6H3,(H3,19,20,21). The molecule has 0 amide bonds. The van der Waals surface area contributed by atoms with E-state index in [2.05, 4.69) is 43.2 Å². The highest BCUT2D eigenvalue weighted by molar-refractivity contribution is 5.92. The number of anilines is 1. The van der Waals surface area contributed by atoms with Crippen molar-refractivity contribution in [3.63, 3.8) is 0 Å². The van der Waals surface area contributed by atoms with Gasteiger partial charge in [0, 0.05) is 11.7 Å². The molecular weight excluding hydrogens is 288 g/mol. The zero-order valence-electron chi connectivity index (χ0n) is 15.3. The van der Waals surface area contributed by atoms with E-state index in [-0.39, 0.29) is 6.10 Å². The van der Waals surface area contributed by atoms with Gasteiger partial charge in [-0.25, -0.2) is 0 Å². The van der Waals surface area contributed by atoms with E-state index in [4.69, 9.17) is 10.5 Å². The van der Waals surface area contributed by atoms with Crippen LogP contribution in [0.5, 0.6) is 5.75 Å². The molecule has 1 unspecified atom stereocenters. The summed E-state index contributed by atoms with van der Waals surface area (Å²) < 4.78 is 5.62. The lowest BCUT2D eigenvalue weighted by atomic mass is 10.0. The Morgan fingerprint density at radius 1 is 1.17 bits per heavy atom. The molecule has 0 fully saturated rings. The van der Waals surface area contributed by atoms with Crippen molar-refractivity contribution in [1.29, 1.82) is 0 Å². The molecule has 0 aliphatic rings. The summed E-state index contributed by atoms with van der Waals surface area (Å²) in [5.74, 6) is 1.93. The maximum absolute atomic E-state index is 5.99. The summed E-state index contributed by atoms with van der Waals surface area (Å²) in [7, 11) is 4.17. The van der Waals surface area contributed by atoms with Gasteiger partial charge in [-0.3, -0.25) is 4.99 Å². The van der Waals surface area contributed by atoms with Gasteiger partial charge in [-0.2, -0.15) is 0 Å². The van der Waals surface area contributed by atoms with Gasteiger partial charge in [-0.05, 0) is 64.5 Å². The lowest BCUT2D eigenvalue weighted by molar-refractivity contribution is 0.242. The number of aliphatic imine (C=N–C) groups is 1. The number of nitrogens with zero attached hydrogens (tertiary/aromatic N) is 2. The van der Waals surface area contributed by atoms with E-state index in [1.165, 1.54) is 0 Å². The maximum Gasteiger partial charge on any atom is 0.193 e. The number of likely N-dealkylation sites (N-methyl/N-ethyl adjacent to an activating group) is 1. The highest BCUT2D eigenvalue weighted by Crippen LogP contribution is 2.16. The molecule has 5 heteroatoms. The van der Waals surface area contributed by atoms with Crippen LogP contribution in [0.2, 0.25) is 0 Å². The van der Waals surface area contributed by atoms with Crippen molar-refractivity contribution >= 4 is 11.6 Å². The van der Waals surface area contributed by atoms with Gasteiger partial charge < -0.3 is 20.7 Å². The largest absolute Gasteiger partial charge is 0.491 e. The highest BCUT2D eigenvalue weighted by atomic mass is 16.5. The molecule has 0 heterocycles. The number of hydrogen-bond donors (Lipinski definition) is 2. The maximum atomic E-state index is 5.99. The van der Waals surface area contributed by atoms with Crippen LogP contribution in [-0.2, 0) is 0 Å². The molecule has 23 heavy (non-hydrogen) atoms. The number of nitrogens with one attached hydrogen (secondary N) is 1. The summed E-state index contributed by atoms with van der Waals surface area (Å²) >= 11 is 0. The van der Waals surface area contributed by atoms with Crippen molar-refractivity contribution in [2.24, 2.45) is 16.6 Å². The van der Waals surface area contributed by atoms with E-state index in [0.29, 0.717) is 24.5 Å². The number of hydrogen-bond acceptors (Lipinski definition) is 3. The molecule has 1 aromatic carbocycles. The Bertz CT molecular complexity index is 480. The van der Waals surface area contributed by atoms with Gasteiger partial charge in [0.25, 0.3) is 0 Å². The van der Waals surface area contributed by atoms with Gasteiger partial charge in [-0.1, -0.05) is 13.8 Å². The molecule has 5 nitrogen and oxygen atoms in total. The fraction of sp³-hybridized carbons (Fsp3) is 0.611. The Labute approximate surface area is 140 Å². The predicted molar refractivity (Wildman–Crippen MR) is 99.2 cm³/mol. The minimum atomic E-state index is 0.171. The molecule has 130 valence electrons. The number of nitrogens with two attached hydrogens (primary N) is 1. The smallest absolute Gasteiger partial charge is 0.193 e. The van der Waals surface area contributed by atoms with E-state index in [9.17, 15) is 0 Å². The van der Waals surface area contributed by atoms with Crippen LogP contribution < -0.4 is 15.8 Å². The molecule has 1 rings (SSSR count). The Balaban J connectivity index is 2.58. The topological polar surface area (TPSA) is 62.9 Å². The van der Waals surface area contributed by atoms with Crippen LogP contribution in [0.3, 0.4) is 0 Å². The van der Waals surface area contributed by atoms with Crippen LogP contribution in [0.25, 0.3) is 0 Å². The fourth-order valence-electron chi connectivity index (χ4n) is 2.27. The third-order valence-electron chi connectivity index (χ3n) is 3.44. The second-order valence-electron chi connectivity index (χ2n) is 6.79. The molecule has 1 aromatic rings. The minimum absolute atomic E-state index is 0.171. The molecule has 0 aliphatic heterocycles. The number of guanidine groups is 1. The molecule has 0 saturated carbocycles. The highest BCUT2D eigenvalue weighted by Gasteiger charge is 2.12. The van der Waals surface area contributed by atoms with Crippen LogP contribution in [0.1, 0.15) is 34.1 Å². The number of benzene rings is 1. The van der Waals surface area contributed by atoms with E-state index in [0.717, 1.165) is 17.9 Å². The summed E-state index contributed by atoms with van der Waals surface area (Å²) in [6, 6.07) is 8.14. The molecule has 0 radical (unpaired) electrons. The Hall–Kier alpha value is -1.75. The SMILES string of the molecule is CC(C)CC(CN=C(N)Nc1ccc(OC(C)C)cc1)N(C)C. The van der Waals surface area contributed by atoms with E-state index < -0.39 is 0 Å². The summed E-state index contributed by atoms with van der Waals surface area (Å²) in [4.78, 5) is 6.68. The summed E-state index contributed by atoms with van der Waals surface area (Å²) in [5.41, 5.74) is 6.90. The van der Waals surface area contributed by atoms with Crippen LogP contribution in [0.15, 0.2) is 29.3 Å². The average Bonchev–Trinajstić information content (AvgIpc) is 2.44. The monoisotopic (exact) mass is 320 g/mol. The van der Waals surface area contributed by atoms with Crippen molar-refractivity contribution in [3.8, 4) is 5.75 Å². The van der Waals surface area contributed by atoms with Crippen molar-refractivity contribution in [2.75, 3.05) is 26.0 Å². The number of ether oxygens (including phenoxy) is 1. The van der Waals surface area contributed by atoms with Crippen molar-refractivity contribution in [1.82, 2.24) is 4.90 Å². The first kappa shape index (κ1) is 19.3. The van der Waals surface area contributed by atoms with Gasteiger partial charge in [0.1, 0.15) is 5.75 Å². The second-order valence-corrected chi connectivity index (χ2v) is 6.79. The lowest BCUT2D eigenvalue weighted by Crippen LogP contribution is -2.34. The van der Waals surface area contributed by atoms with Gasteiger partial charge in [0.2, 0.25) is 0 Å². The van der Waals surface area contributed by atoms with E-state index in [1.54, 1.807) is 0 Å². The third-order valence-corrected chi connectivity index (χ3v) is 3.44. The van der Waals surface area contributed by atoms with Crippen molar-refractivity contribution in [3.05, 3.63) is 24.3 Å². The first-order valence-electron chi connectivity index (χ1n) is 8.28. The Morgan fingerprint density at radius 2 is 1.78 bits per heavy atom. The molecule has 0 spiro atoms. The molecule has 0 bridgehead atoms. The average molecular weight is 320 g/mol. The van der Waals surface area contributed by atoms with Crippen molar-refractivity contribution in [2.45, 2.75) is 46.3 Å². The summed E-state index contributed by atoms with van der Waals surface area (Å²) in [6.07, 6.45) is 1.27. The zero-order chi connectivity index (χ0) is 17.4. The van der Waals surface area contributed by atoms with Crippen molar-refractivity contribution < 1.29 is 4.74 Å². The normalized spacial score (nSPS) is 13.7. The van der Waals surface area contributed by atoms with Gasteiger partial charge >= 0.3 is 0 Å². The molecule has 1 atom stereocenters. The van der Waals surface area contributed by atoms with Crippen LogP contribution in [0.4, 0.5) is 5.69 Å². The van der Waals surface area contributed by atoms with E-state index in [1.807, 2.05) is 38.1 Å². The molecule has 3 N–H and O–H groups in total. The molecule has 0 aromatic heterocycles. The second kappa shape index (κ2) is 9.40. The van der Waals surface area contributed by atoms with Crippen LogP contribution >= 0.6 is 0 Å². The minimum Gasteiger partial charge on any atom is -0.491 e. The first-order valence-corrected chi connectivity index (χ1v) is 8.28. The van der Waals surface area contributed by atoms with Gasteiger partial charge in [-0.15, -0.1) is 0 Å². The summed E-state index contributed by atoms with van der Waals surface area (Å²) in [5, 5.41) is 3.12. The number of rotatable bonds is 8. The molecular formula is C18H32N4O. The quantitative estimate of drug-likeness (QED) is 0.570. The Kier molecular flexibility index (Phi) is 7.89. The van der Waals surface area contributed by atoms with Crippen LogP contribution in [0, 0.1) is 5.92 Å². The molecule has 0 saturated heterocycles.